The van der Waals surface area contributed by atoms with Gasteiger partial charge in [0.1, 0.15) is 18.0 Å². The Kier molecular flexibility index (Phi) is 4.62. The Labute approximate surface area is 199 Å². The third-order valence-corrected chi connectivity index (χ3v) is 6.79. The van der Waals surface area contributed by atoms with Crippen molar-refractivity contribution in [3.63, 3.8) is 0 Å². The van der Waals surface area contributed by atoms with Gasteiger partial charge in [-0.25, -0.2) is 9.78 Å². The molecule has 174 valence electrons. The summed E-state index contributed by atoms with van der Waals surface area (Å²) in [5, 5.41) is 22.0. The fraction of sp³-hybridized carbons (Fsp3) is 0.185. The number of aliphatic hydroxyl groups is 1. The Morgan fingerprint density at radius 3 is 2.80 bits per heavy atom. The molecule has 6 rings (SSSR count). The van der Waals surface area contributed by atoms with E-state index in [0.29, 0.717) is 34.7 Å². The number of benzene rings is 2. The number of carbonyl (C=O) groups is 1. The van der Waals surface area contributed by atoms with Crippen LogP contribution in [0.15, 0.2) is 64.4 Å². The maximum atomic E-state index is 13.3. The number of ether oxygens (including phenoxy) is 1. The Morgan fingerprint density at radius 2 is 2.00 bits per heavy atom. The molecule has 1 atom stereocenters. The van der Waals surface area contributed by atoms with Gasteiger partial charge >= 0.3 is 5.97 Å². The number of hydrogen-bond donors (Lipinski definition) is 2. The molecule has 0 radical (unpaired) electrons. The number of rotatable bonds is 3. The maximum absolute atomic E-state index is 13.3. The summed E-state index contributed by atoms with van der Waals surface area (Å²) in [5.41, 5.74) is 2.37. The molecule has 0 saturated carbocycles. The Bertz CT molecular complexity index is 1640. The third-order valence-electron chi connectivity index (χ3n) is 6.79. The minimum atomic E-state index is -1.86. The Hall–Kier alpha value is -4.30. The van der Waals surface area contributed by atoms with Gasteiger partial charge in [-0.15, -0.1) is 0 Å². The number of aliphatic imine (C=N–C) groups is 1. The van der Waals surface area contributed by atoms with E-state index in [1.807, 2.05) is 24.3 Å². The fourth-order valence-electron chi connectivity index (χ4n) is 4.85. The lowest BCUT2D eigenvalue weighted by atomic mass is 9.86. The van der Waals surface area contributed by atoms with Crippen molar-refractivity contribution in [3.8, 4) is 17.1 Å². The van der Waals surface area contributed by atoms with Crippen LogP contribution < -0.4 is 5.56 Å². The monoisotopic (exact) mass is 467 g/mol. The molecule has 0 unspecified atom stereocenters. The highest BCUT2D eigenvalue weighted by atomic mass is 16.6. The van der Waals surface area contributed by atoms with Gasteiger partial charge in [0, 0.05) is 28.3 Å². The largest absolute Gasteiger partial charge is 0.506 e. The van der Waals surface area contributed by atoms with Crippen molar-refractivity contribution in [1.29, 1.82) is 0 Å². The standard InChI is InChI=1S/C27H21N3O5/c1-2-27(34)19-11-21-24-17(13-30(21)25(32)18(19)14-35-26(27)33)10-15-6-5-7-16(23(15)29-24)12-28-20-8-3-4-9-22(20)31/h3-12,31,34H,2,13-14H2,1H3/t27-/m0/s1. The van der Waals surface area contributed by atoms with Crippen molar-refractivity contribution in [2.24, 2.45) is 4.99 Å². The van der Waals surface area contributed by atoms with Crippen LogP contribution in [-0.2, 0) is 28.3 Å². The summed E-state index contributed by atoms with van der Waals surface area (Å²) in [6.45, 7) is 1.86. The number of phenolic OH excluding ortho intramolecular Hbond substituents is 1. The van der Waals surface area contributed by atoms with E-state index in [0.717, 1.165) is 16.5 Å². The molecule has 2 aromatic heterocycles. The van der Waals surface area contributed by atoms with Crippen LogP contribution in [0.25, 0.3) is 22.3 Å². The number of para-hydroxylation sites is 3. The van der Waals surface area contributed by atoms with E-state index >= 15 is 0 Å². The van der Waals surface area contributed by atoms with E-state index in [-0.39, 0.29) is 29.9 Å². The van der Waals surface area contributed by atoms with Gasteiger partial charge < -0.3 is 19.5 Å². The second kappa shape index (κ2) is 7.61. The predicted molar refractivity (Wildman–Crippen MR) is 130 cm³/mol. The summed E-state index contributed by atoms with van der Waals surface area (Å²) in [7, 11) is 0. The molecule has 35 heavy (non-hydrogen) atoms. The molecule has 2 aliphatic heterocycles. The molecule has 4 heterocycles. The van der Waals surface area contributed by atoms with Gasteiger partial charge in [-0.3, -0.25) is 9.79 Å². The molecule has 0 saturated heterocycles. The second-order valence-corrected chi connectivity index (χ2v) is 8.77. The number of hydrogen-bond acceptors (Lipinski definition) is 7. The summed E-state index contributed by atoms with van der Waals surface area (Å²) in [6, 6.07) is 16.2. The molecular formula is C27H21N3O5. The smallest absolute Gasteiger partial charge is 0.343 e. The summed E-state index contributed by atoms with van der Waals surface area (Å²) in [5.74, 6) is -0.665. The van der Waals surface area contributed by atoms with E-state index in [4.69, 9.17) is 9.72 Å². The SMILES string of the molecule is CC[C@@]1(O)C(=O)OCc2c1cc1n(c2=O)Cc2cc3cccc(C=Nc4ccccc4O)c3nc2-1. The average Bonchev–Trinajstić information content (AvgIpc) is 3.23. The van der Waals surface area contributed by atoms with Crippen LogP contribution in [0.4, 0.5) is 5.69 Å². The van der Waals surface area contributed by atoms with Gasteiger partial charge in [0.25, 0.3) is 5.56 Å². The lowest BCUT2D eigenvalue weighted by Crippen LogP contribution is -2.44. The maximum Gasteiger partial charge on any atom is 0.343 e. The van der Waals surface area contributed by atoms with Crippen LogP contribution in [0.5, 0.6) is 5.75 Å². The molecule has 8 nitrogen and oxygen atoms in total. The highest BCUT2D eigenvalue weighted by molar-refractivity contribution is 5.99. The van der Waals surface area contributed by atoms with Gasteiger partial charge in [0.2, 0.25) is 0 Å². The predicted octanol–water partition coefficient (Wildman–Crippen LogP) is 3.54. The Balaban J connectivity index is 1.53. The first-order valence-corrected chi connectivity index (χ1v) is 11.3. The van der Waals surface area contributed by atoms with Gasteiger partial charge in [0.15, 0.2) is 5.60 Å². The van der Waals surface area contributed by atoms with Gasteiger partial charge in [-0.2, -0.15) is 0 Å². The van der Waals surface area contributed by atoms with E-state index < -0.39 is 11.6 Å². The minimum absolute atomic E-state index is 0.0813. The molecule has 2 aromatic carbocycles. The molecule has 2 aliphatic rings. The van der Waals surface area contributed by atoms with Crippen LogP contribution in [0.1, 0.15) is 35.6 Å². The first-order valence-electron chi connectivity index (χ1n) is 11.3. The lowest BCUT2D eigenvalue weighted by Gasteiger charge is -2.31. The number of phenols is 1. The van der Waals surface area contributed by atoms with Crippen LogP contribution in [0.3, 0.4) is 0 Å². The average molecular weight is 467 g/mol. The summed E-state index contributed by atoms with van der Waals surface area (Å²) in [6.07, 6.45) is 1.74. The molecular weight excluding hydrogens is 446 g/mol. The van der Waals surface area contributed by atoms with E-state index in [1.165, 1.54) is 0 Å². The van der Waals surface area contributed by atoms with Gasteiger partial charge in [0.05, 0.1) is 29.0 Å². The number of carbonyl (C=O) groups excluding carboxylic acids is 1. The molecule has 8 heteroatoms. The molecule has 0 spiro atoms. The zero-order valence-electron chi connectivity index (χ0n) is 18.9. The quantitative estimate of drug-likeness (QED) is 0.310. The molecule has 0 bridgehead atoms. The first-order chi connectivity index (χ1) is 16.9. The van der Waals surface area contributed by atoms with Crippen molar-refractivity contribution < 1.29 is 19.7 Å². The summed E-state index contributed by atoms with van der Waals surface area (Å²) >= 11 is 0. The molecule has 0 aliphatic carbocycles. The summed E-state index contributed by atoms with van der Waals surface area (Å²) in [4.78, 5) is 35.0. The Morgan fingerprint density at radius 1 is 1.17 bits per heavy atom. The second-order valence-electron chi connectivity index (χ2n) is 8.77. The molecule has 0 fully saturated rings. The number of cyclic esters (lactones) is 1. The number of fused-ring (bicyclic) bond motifs is 5. The van der Waals surface area contributed by atoms with E-state index in [1.54, 1.807) is 48.0 Å². The minimum Gasteiger partial charge on any atom is -0.506 e. The number of aromatic nitrogens is 2. The molecule has 4 aromatic rings. The van der Waals surface area contributed by atoms with Crippen molar-refractivity contribution in [2.75, 3.05) is 0 Å². The third kappa shape index (κ3) is 3.10. The van der Waals surface area contributed by atoms with Crippen molar-refractivity contribution in [1.82, 2.24) is 9.55 Å². The topological polar surface area (TPSA) is 114 Å². The molecule has 0 amide bonds. The summed E-state index contributed by atoms with van der Waals surface area (Å²) < 4.78 is 6.74. The zero-order chi connectivity index (χ0) is 24.3. The zero-order valence-corrected chi connectivity index (χ0v) is 18.9. The van der Waals surface area contributed by atoms with Crippen molar-refractivity contribution in [3.05, 3.63) is 87.2 Å². The van der Waals surface area contributed by atoms with Crippen molar-refractivity contribution >= 4 is 28.8 Å². The van der Waals surface area contributed by atoms with Crippen LogP contribution in [-0.4, -0.2) is 31.9 Å². The number of pyridine rings is 2. The van der Waals surface area contributed by atoms with E-state index in [2.05, 4.69) is 4.99 Å². The number of nitrogens with zero attached hydrogens (tertiary/aromatic N) is 3. The van der Waals surface area contributed by atoms with Crippen LogP contribution in [0, 0.1) is 0 Å². The van der Waals surface area contributed by atoms with Gasteiger partial charge in [-0.05, 0) is 30.7 Å². The first kappa shape index (κ1) is 21.2. The van der Waals surface area contributed by atoms with Crippen LogP contribution in [0.2, 0.25) is 0 Å². The van der Waals surface area contributed by atoms with E-state index in [9.17, 15) is 19.8 Å². The highest BCUT2D eigenvalue weighted by Crippen LogP contribution is 2.38. The molecule has 2 N–H and O–H groups in total. The van der Waals surface area contributed by atoms with Crippen LogP contribution >= 0.6 is 0 Å². The fourth-order valence-corrected chi connectivity index (χ4v) is 4.85. The van der Waals surface area contributed by atoms with Crippen molar-refractivity contribution in [2.45, 2.75) is 32.1 Å². The highest BCUT2D eigenvalue weighted by Gasteiger charge is 2.45. The lowest BCUT2D eigenvalue weighted by molar-refractivity contribution is -0.172. The van der Waals surface area contributed by atoms with Gasteiger partial charge in [-0.1, -0.05) is 37.3 Å². The number of esters is 1. The normalized spacial score (nSPS) is 18.4. The number of aromatic hydroxyl groups is 1.